The van der Waals surface area contributed by atoms with E-state index in [0.717, 1.165) is 12.1 Å². The van der Waals surface area contributed by atoms with E-state index in [1.165, 1.54) is 55.0 Å². The number of nitro benzene ring substituents is 2. The molecular weight excluding hydrogens is 1430 g/mol. The predicted octanol–water partition coefficient (Wildman–Crippen LogP) is 18.3. The molecule has 0 unspecified atom stereocenters. The van der Waals surface area contributed by atoms with Crippen LogP contribution in [0, 0.1) is 43.9 Å². The van der Waals surface area contributed by atoms with E-state index >= 15 is 0 Å². The summed E-state index contributed by atoms with van der Waals surface area (Å²) in [5.74, 6) is 17.3. The number of pyridine rings is 3. The van der Waals surface area contributed by atoms with Crippen LogP contribution >= 0.6 is 0 Å². The van der Waals surface area contributed by atoms with Crippen LogP contribution in [-0.2, 0) is 33.9 Å². The Balaban J connectivity index is 0.000000595. The number of nitrogen functional groups attached to an aromatic ring is 1. The number of methoxy groups -OCH3 is 3. The van der Waals surface area contributed by atoms with E-state index in [-0.39, 0.29) is 67.0 Å². The Morgan fingerprint density at radius 1 is 0.565 bits per heavy atom. The fourth-order valence-electron chi connectivity index (χ4n) is 8.14. The summed E-state index contributed by atoms with van der Waals surface area (Å²) in [6.07, 6.45) is 1.27. The Hall–Kier alpha value is -8.53. The second kappa shape index (κ2) is 37.7. The number of nitrogens with two attached hydrogens (primary N) is 1. The van der Waals surface area contributed by atoms with Crippen LogP contribution in [-0.4, -0.2) is 123 Å². The number of non-ortho nitro benzene ring substituents is 1. The molecule has 5 N–H and O–H groups in total. The lowest BCUT2D eigenvalue weighted by Crippen LogP contribution is -2.47. The van der Waals surface area contributed by atoms with Gasteiger partial charge in [-0.15, -0.1) is 0 Å². The molecule has 5 aromatic rings. The summed E-state index contributed by atoms with van der Waals surface area (Å²) in [5.41, 5.74) is -7.97. The third-order valence-corrected chi connectivity index (χ3v) is 30.0. The van der Waals surface area contributed by atoms with Crippen molar-refractivity contribution >= 4 is 77.2 Å². The van der Waals surface area contributed by atoms with Crippen molar-refractivity contribution < 1.29 is 100 Å². The summed E-state index contributed by atoms with van der Waals surface area (Å²) < 4.78 is 200. The summed E-state index contributed by atoms with van der Waals surface area (Å²) in [6, 6.07) is 8.68. The molecule has 1 aromatic carbocycles. The molecule has 27 nitrogen and oxygen atoms in total. The van der Waals surface area contributed by atoms with Gasteiger partial charge in [-0.2, -0.15) is 5.10 Å². The van der Waals surface area contributed by atoms with Gasteiger partial charge >= 0.3 is 18.3 Å². The zero-order chi connectivity index (χ0) is 98.6. The van der Waals surface area contributed by atoms with Crippen LogP contribution in [0.3, 0.4) is 0 Å². The number of amides is 3. The molecule has 4 aromatic heterocycles. The molecule has 0 spiro atoms. The molecule has 4 heterocycles. The fraction of sp³-hybridized carbons (Fsp3) is 0.615. The second-order valence-corrected chi connectivity index (χ2v) is 47.0. The Morgan fingerprint density at radius 2 is 0.972 bits per heavy atom. The third-order valence-electron chi connectivity index (χ3n) is 16.6. The summed E-state index contributed by atoms with van der Waals surface area (Å²) in [5, 5.41) is 42.3. The molecule has 30 heteroatoms. The molecular formula is C78H126N10O17Si3. The fourth-order valence-corrected chi connectivity index (χ4v) is 12.0. The highest BCUT2D eigenvalue weighted by Crippen LogP contribution is 2.43. The largest absolute Gasteiger partial charge is 0.868 e. The van der Waals surface area contributed by atoms with Gasteiger partial charge in [-0.1, -0.05) is 84.9 Å². The number of carbonyl (C=O) groups is 3. The quantitative estimate of drug-likeness (QED) is 0.0101. The van der Waals surface area contributed by atoms with Crippen molar-refractivity contribution in [2.75, 3.05) is 43.1 Å². The number of hydrogen-bond donors (Lipinski definition) is 4. The Bertz CT molecular complexity index is 4700. The van der Waals surface area contributed by atoms with Crippen molar-refractivity contribution in [3.05, 3.63) is 98.4 Å². The van der Waals surface area contributed by atoms with E-state index in [4.69, 9.17) is 72.2 Å². The minimum absolute atomic E-state index is 0.0459. The molecule has 108 heavy (non-hydrogen) atoms. The van der Waals surface area contributed by atoms with Crippen LogP contribution in [0.25, 0.3) is 5.52 Å². The second-order valence-electron chi connectivity index (χ2n) is 32.8. The van der Waals surface area contributed by atoms with E-state index in [0.29, 0.717) is 34.5 Å². The van der Waals surface area contributed by atoms with Crippen LogP contribution in [0.15, 0.2) is 61.1 Å². The molecule has 0 aliphatic carbocycles. The van der Waals surface area contributed by atoms with E-state index in [9.17, 15) is 39.7 Å². The van der Waals surface area contributed by atoms with Crippen molar-refractivity contribution in [1.82, 2.24) is 14.6 Å². The molecule has 0 atom stereocenters. The Kier molecular flexibility index (Phi) is 24.0. The first-order valence-corrected chi connectivity index (χ1v) is 43.2. The number of fused-ring (bicyclic) bond motifs is 1. The molecule has 0 aliphatic heterocycles. The van der Waals surface area contributed by atoms with Gasteiger partial charge in [0.15, 0.2) is 36.5 Å². The van der Waals surface area contributed by atoms with E-state index in [1.807, 2.05) is 102 Å². The van der Waals surface area contributed by atoms with E-state index in [2.05, 4.69) is 49.7 Å². The van der Waals surface area contributed by atoms with Crippen molar-refractivity contribution in [2.45, 2.75) is 292 Å². The van der Waals surface area contributed by atoms with Crippen LogP contribution in [0.4, 0.5) is 42.8 Å². The maximum atomic E-state index is 12.3. The van der Waals surface area contributed by atoms with E-state index in [1.54, 1.807) is 80.6 Å². The summed E-state index contributed by atoms with van der Waals surface area (Å²) >= 11 is 0. The number of anilines is 3. The van der Waals surface area contributed by atoms with Gasteiger partial charge in [0.2, 0.25) is 11.9 Å². The van der Waals surface area contributed by atoms with Gasteiger partial charge in [-0.05, 0) is 213 Å². The van der Waals surface area contributed by atoms with Crippen LogP contribution < -0.4 is 45.8 Å². The Morgan fingerprint density at radius 3 is 1.36 bits per heavy atom. The zero-order valence-electron chi connectivity index (χ0n) is 85.7. The highest BCUT2D eigenvalue weighted by atomic mass is 28.4. The number of rotatable bonds is 21. The van der Waals surface area contributed by atoms with Crippen LogP contribution in [0.5, 0.6) is 23.0 Å². The van der Waals surface area contributed by atoms with Gasteiger partial charge in [0.25, 0.3) is 17.1 Å². The molecule has 0 radical (unpaired) electrons. The molecule has 0 bridgehead atoms. The molecule has 0 saturated carbocycles. The van der Waals surface area contributed by atoms with Gasteiger partial charge in [0.05, 0.1) is 89.0 Å². The van der Waals surface area contributed by atoms with Gasteiger partial charge in [0.1, 0.15) is 28.2 Å². The van der Waals surface area contributed by atoms with Crippen LogP contribution in [0.1, 0.15) is 240 Å². The van der Waals surface area contributed by atoms with Crippen molar-refractivity contribution in [2.24, 2.45) is 0 Å². The number of aromatic nitrogens is 4. The first-order chi connectivity index (χ1) is 56.3. The first kappa shape index (κ1) is 68.7. The molecule has 0 saturated heterocycles. The van der Waals surface area contributed by atoms with Crippen molar-refractivity contribution in [1.29, 1.82) is 0 Å². The topological polar surface area (TPSA) is 340 Å². The normalized spacial score (nSPS) is 15.6. The molecule has 0 aliphatic rings. The summed E-state index contributed by atoms with van der Waals surface area (Å²) in [6.45, 7) is 26.5. The highest BCUT2D eigenvalue weighted by Gasteiger charge is 2.44. The number of nitro groups is 2. The number of aryl methyl sites for hydroxylation is 1. The first-order valence-electron chi connectivity index (χ1n) is 43.4. The maximum absolute atomic E-state index is 12.3. The molecule has 0 fully saturated rings. The van der Waals surface area contributed by atoms with Gasteiger partial charge in [0, 0.05) is 55.6 Å². The molecule has 3 amide bonds. The summed E-state index contributed by atoms with van der Waals surface area (Å²) in [4.78, 5) is 59.5. The Labute approximate surface area is 670 Å². The lowest BCUT2D eigenvalue weighted by Gasteiger charge is -2.42. The van der Waals surface area contributed by atoms with Crippen LogP contribution in [0.2, 0.25) is 54.4 Å². The van der Waals surface area contributed by atoms with Crippen molar-refractivity contribution in [3.63, 3.8) is 0 Å². The SMILES string of the molecule is O=[N+]([O-])c1ccc([O-])c([N+](=O)[O-])c1.[2H]C([2H])([2H])C(CCC#Cc1cc(NC(=O)OC(C)(C)C)c(OC)c[n+]1N)(O[Si](C)(C)C(C)(C)C)C([2H])([2H])[2H].[2H]C([2H])([2H])C(CCC#Cc1cc(NC(=O)OC(C)(C)C)c(OC)cn1)(O[Si](C)(C)C(C)(C)C)C([2H])([2H])[2H].[2H]C([2H])([2H])C(CCc1cc2cc(NC(=O)OC(C)(C)C)c(OC)cn2n1)(O[Si](C)(C)C(C)(C)C)C([2H])([2H])[2H]. The number of carbonyl (C=O) groups excluding carboxylic acids is 3. The smallest absolute Gasteiger partial charge is 0.412 e. The number of nitrogens with zero attached hydrogens (tertiary/aromatic N) is 6. The molecule has 602 valence electrons. The maximum Gasteiger partial charge on any atom is 0.412 e. The lowest BCUT2D eigenvalue weighted by molar-refractivity contribution is -0.641. The number of ether oxygens (including phenoxy) is 6. The van der Waals surface area contributed by atoms with Gasteiger partial charge in [-0.3, -0.25) is 36.2 Å². The third kappa shape index (κ3) is 33.1. The van der Waals surface area contributed by atoms with Crippen molar-refractivity contribution in [3.8, 4) is 46.7 Å². The number of hydrogen-bond acceptors (Lipinski definition) is 20. The minimum Gasteiger partial charge on any atom is -0.868 e. The molecule has 5 rings (SSSR count). The van der Waals surface area contributed by atoms with Gasteiger partial charge in [-0.25, -0.2) is 29.7 Å². The number of benzene rings is 1. The highest BCUT2D eigenvalue weighted by molar-refractivity contribution is 6.75. The average Bonchev–Trinajstić information content (AvgIpc) is 0.758. The number of nitrogens with one attached hydrogen (secondary N) is 3. The zero-order valence-corrected chi connectivity index (χ0v) is 70.7. The summed E-state index contributed by atoms with van der Waals surface area (Å²) in [7, 11) is -4.10. The average molecular weight is 1580 g/mol. The standard InChI is InChI=1S/2C24H41N3O4Si.C24H40N2O4Si.C6H4N2O5/c1-22(2,3)30-21(28)25-19-15-18-14-17(26-27(18)16-20(19)29-9)12-13-24(7,8)31-32(10,11)23(4,5)6;1-22(2,3)30-21(28)26-19-16-18(27(25)17-20(19)29-9)14-12-13-15-24(7,8)31-32(10,11)23(4,5)6;1-22(2,3)29-21(27)26-19-16-18(25-17-20(19)28-9)14-12-13-15-24(7,8)30-31(10,11)23(4,5)6;9-6-2-1-4(7(10)11)3-5(6)8(12)13/h14-16H,12-13H2,1-11H3,(H,25,28);16-17H,13,15,25H2,1-11H3;16-17H,13,15H2,1-11H3,(H,25,26,27);1-3,9H/i3*7D3,8D3;. The van der Waals surface area contributed by atoms with Gasteiger partial charge < -0.3 is 46.8 Å². The lowest BCUT2D eigenvalue weighted by atomic mass is 10.0. The minimum atomic E-state index is -2.92. The monoisotopic (exact) mass is 1580 g/mol. The predicted molar refractivity (Wildman–Crippen MR) is 432 cm³/mol. The van der Waals surface area contributed by atoms with E-state index < -0.39 is 160 Å².